The van der Waals surface area contributed by atoms with Gasteiger partial charge >= 0.3 is 0 Å². The average Bonchev–Trinajstić information content (AvgIpc) is 2.71. The first-order chi connectivity index (χ1) is 7.31. The second kappa shape index (κ2) is 3.95. The Hall–Kier alpha value is -1.48. The van der Waals surface area contributed by atoms with Gasteiger partial charge in [0.2, 0.25) is 0 Å². The van der Waals surface area contributed by atoms with Crippen molar-refractivity contribution in [1.82, 2.24) is 0 Å². The summed E-state index contributed by atoms with van der Waals surface area (Å²) in [6.45, 7) is 0.538. The van der Waals surface area contributed by atoms with Crippen LogP contribution in [0.2, 0.25) is 0 Å². The molecule has 1 aliphatic carbocycles. The highest BCUT2D eigenvalue weighted by Gasteiger charge is 2.21. The largest absolute Gasteiger partial charge is 0.496 e. The SMILES string of the molecule is COc1ccc(OC)c2c1CC=C2CN. The van der Waals surface area contributed by atoms with Crippen molar-refractivity contribution >= 4 is 5.57 Å². The van der Waals surface area contributed by atoms with Crippen molar-refractivity contribution in [2.75, 3.05) is 20.8 Å². The van der Waals surface area contributed by atoms with E-state index < -0.39 is 0 Å². The summed E-state index contributed by atoms with van der Waals surface area (Å²) >= 11 is 0. The van der Waals surface area contributed by atoms with E-state index in [1.54, 1.807) is 14.2 Å². The third-order valence-electron chi connectivity index (χ3n) is 2.77. The normalized spacial score (nSPS) is 13.4. The number of hydrogen-bond acceptors (Lipinski definition) is 3. The summed E-state index contributed by atoms with van der Waals surface area (Å²) < 4.78 is 10.7. The highest BCUT2D eigenvalue weighted by Crippen LogP contribution is 2.39. The molecule has 0 fully saturated rings. The van der Waals surface area contributed by atoms with Gasteiger partial charge in [0.15, 0.2) is 0 Å². The fraction of sp³-hybridized carbons (Fsp3) is 0.333. The molecule has 0 spiro atoms. The maximum atomic E-state index is 5.70. The molecule has 1 aromatic carbocycles. The van der Waals surface area contributed by atoms with Gasteiger partial charge in [-0.3, -0.25) is 0 Å². The summed E-state index contributed by atoms with van der Waals surface area (Å²) in [5.41, 5.74) is 9.13. The Morgan fingerprint density at radius 1 is 1.20 bits per heavy atom. The summed E-state index contributed by atoms with van der Waals surface area (Å²) in [7, 11) is 3.36. The number of methoxy groups -OCH3 is 2. The molecular formula is C12H15NO2. The van der Waals surface area contributed by atoms with Gasteiger partial charge in [0.25, 0.3) is 0 Å². The van der Waals surface area contributed by atoms with Crippen LogP contribution in [0.1, 0.15) is 11.1 Å². The van der Waals surface area contributed by atoms with Crippen LogP contribution in [-0.4, -0.2) is 20.8 Å². The van der Waals surface area contributed by atoms with E-state index >= 15 is 0 Å². The summed E-state index contributed by atoms with van der Waals surface area (Å²) in [5, 5.41) is 0. The van der Waals surface area contributed by atoms with Crippen LogP contribution in [0.25, 0.3) is 5.57 Å². The Morgan fingerprint density at radius 2 is 1.87 bits per heavy atom. The second-order valence-corrected chi connectivity index (χ2v) is 3.46. The van der Waals surface area contributed by atoms with Crippen LogP contribution in [0.4, 0.5) is 0 Å². The van der Waals surface area contributed by atoms with Crippen LogP contribution in [-0.2, 0) is 6.42 Å². The maximum Gasteiger partial charge on any atom is 0.126 e. The van der Waals surface area contributed by atoms with Gasteiger partial charge in [0.05, 0.1) is 14.2 Å². The molecule has 0 radical (unpaired) electrons. The number of hydrogen-bond donors (Lipinski definition) is 1. The molecule has 2 rings (SSSR count). The van der Waals surface area contributed by atoms with E-state index in [4.69, 9.17) is 15.2 Å². The summed E-state index contributed by atoms with van der Waals surface area (Å²) in [6, 6.07) is 3.86. The first-order valence-corrected chi connectivity index (χ1v) is 4.95. The molecule has 0 heterocycles. The third kappa shape index (κ3) is 1.49. The van der Waals surface area contributed by atoms with E-state index in [0.29, 0.717) is 6.54 Å². The molecule has 3 nitrogen and oxygen atoms in total. The number of fused-ring (bicyclic) bond motifs is 1. The van der Waals surface area contributed by atoms with Crippen LogP contribution in [0.15, 0.2) is 18.2 Å². The zero-order valence-electron chi connectivity index (χ0n) is 9.04. The number of allylic oxidation sites excluding steroid dienone is 1. The van der Waals surface area contributed by atoms with E-state index in [1.807, 2.05) is 12.1 Å². The molecule has 0 amide bonds. The monoisotopic (exact) mass is 205 g/mol. The van der Waals surface area contributed by atoms with Crippen molar-refractivity contribution < 1.29 is 9.47 Å². The number of nitrogens with two attached hydrogens (primary N) is 1. The van der Waals surface area contributed by atoms with E-state index in [-0.39, 0.29) is 0 Å². The van der Waals surface area contributed by atoms with Gasteiger partial charge in [-0.25, -0.2) is 0 Å². The molecule has 1 aliphatic rings. The Labute approximate surface area is 89.5 Å². The highest BCUT2D eigenvalue weighted by molar-refractivity contribution is 5.80. The number of rotatable bonds is 3. The maximum absolute atomic E-state index is 5.70. The van der Waals surface area contributed by atoms with E-state index in [1.165, 1.54) is 5.56 Å². The predicted molar refractivity (Wildman–Crippen MR) is 60.3 cm³/mol. The van der Waals surface area contributed by atoms with Gasteiger partial charge in [0.1, 0.15) is 11.5 Å². The molecule has 1 aromatic rings. The second-order valence-electron chi connectivity index (χ2n) is 3.46. The molecule has 0 bridgehead atoms. The topological polar surface area (TPSA) is 44.5 Å². The van der Waals surface area contributed by atoms with Gasteiger partial charge in [-0.05, 0) is 24.1 Å². The molecule has 0 unspecified atom stereocenters. The molecule has 0 saturated heterocycles. The summed E-state index contributed by atoms with van der Waals surface area (Å²) in [6.07, 6.45) is 3.01. The lowest BCUT2D eigenvalue weighted by atomic mass is 10.0. The van der Waals surface area contributed by atoms with Gasteiger partial charge in [-0.15, -0.1) is 0 Å². The van der Waals surface area contributed by atoms with Crippen molar-refractivity contribution in [1.29, 1.82) is 0 Å². The van der Waals surface area contributed by atoms with Gasteiger partial charge in [-0.1, -0.05) is 6.08 Å². The third-order valence-corrected chi connectivity index (χ3v) is 2.77. The van der Waals surface area contributed by atoms with Crippen LogP contribution in [0, 0.1) is 0 Å². The highest BCUT2D eigenvalue weighted by atomic mass is 16.5. The number of benzene rings is 1. The molecule has 15 heavy (non-hydrogen) atoms. The zero-order valence-corrected chi connectivity index (χ0v) is 9.04. The summed E-state index contributed by atoms with van der Waals surface area (Å²) in [4.78, 5) is 0. The fourth-order valence-electron chi connectivity index (χ4n) is 2.04. The van der Waals surface area contributed by atoms with E-state index in [0.717, 1.165) is 29.1 Å². The molecule has 2 N–H and O–H groups in total. The molecule has 80 valence electrons. The van der Waals surface area contributed by atoms with Crippen molar-refractivity contribution in [3.63, 3.8) is 0 Å². The fourth-order valence-corrected chi connectivity index (χ4v) is 2.04. The minimum absolute atomic E-state index is 0.538. The van der Waals surface area contributed by atoms with Gasteiger partial charge in [-0.2, -0.15) is 0 Å². The lowest BCUT2D eigenvalue weighted by Gasteiger charge is -2.13. The quantitative estimate of drug-likeness (QED) is 0.815. The van der Waals surface area contributed by atoms with Crippen LogP contribution in [0.5, 0.6) is 11.5 Å². The minimum atomic E-state index is 0.538. The summed E-state index contributed by atoms with van der Waals surface area (Å²) in [5.74, 6) is 1.78. The lowest BCUT2D eigenvalue weighted by molar-refractivity contribution is 0.399. The molecule has 0 aromatic heterocycles. The first kappa shape index (κ1) is 10.1. The van der Waals surface area contributed by atoms with Crippen molar-refractivity contribution in [3.05, 3.63) is 29.3 Å². The molecular weight excluding hydrogens is 190 g/mol. The first-order valence-electron chi connectivity index (χ1n) is 4.95. The Bertz CT molecular complexity index is 410. The molecule has 0 saturated carbocycles. The minimum Gasteiger partial charge on any atom is -0.496 e. The van der Waals surface area contributed by atoms with Crippen LogP contribution >= 0.6 is 0 Å². The molecule has 3 heteroatoms. The Kier molecular flexibility index (Phi) is 2.64. The molecule has 0 atom stereocenters. The van der Waals surface area contributed by atoms with E-state index in [2.05, 4.69) is 6.08 Å². The predicted octanol–water partition coefficient (Wildman–Crippen LogP) is 1.60. The van der Waals surface area contributed by atoms with Crippen LogP contribution < -0.4 is 15.2 Å². The van der Waals surface area contributed by atoms with Crippen molar-refractivity contribution in [2.45, 2.75) is 6.42 Å². The van der Waals surface area contributed by atoms with Gasteiger partial charge in [0, 0.05) is 17.7 Å². The smallest absolute Gasteiger partial charge is 0.126 e. The lowest BCUT2D eigenvalue weighted by Crippen LogP contribution is -2.03. The van der Waals surface area contributed by atoms with Crippen molar-refractivity contribution in [2.24, 2.45) is 5.73 Å². The van der Waals surface area contributed by atoms with Crippen LogP contribution in [0.3, 0.4) is 0 Å². The Balaban J connectivity index is 2.57. The average molecular weight is 205 g/mol. The van der Waals surface area contributed by atoms with Gasteiger partial charge < -0.3 is 15.2 Å². The zero-order chi connectivity index (χ0) is 10.8. The standard InChI is InChI=1S/C12H15NO2/c1-14-10-5-6-11(15-2)12-8(7-13)3-4-9(10)12/h3,5-6H,4,7,13H2,1-2H3. The molecule has 0 aliphatic heterocycles. The van der Waals surface area contributed by atoms with E-state index in [9.17, 15) is 0 Å². The Morgan fingerprint density at radius 3 is 2.47 bits per heavy atom. The van der Waals surface area contributed by atoms with Crippen molar-refractivity contribution in [3.8, 4) is 11.5 Å². The number of ether oxygens (including phenoxy) is 2.